The van der Waals surface area contributed by atoms with Crippen LogP contribution in [0.3, 0.4) is 0 Å². The highest BCUT2D eigenvalue weighted by atomic mass is 19.3. The highest BCUT2D eigenvalue weighted by Crippen LogP contribution is 2.13. The van der Waals surface area contributed by atoms with Crippen LogP contribution in [0.15, 0.2) is 42.7 Å². The second kappa shape index (κ2) is 5.39. The number of alkyl halides is 2. The fourth-order valence-corrected chi connectivity index (χ4v) is 1.55. The average Bonchev–Trinajstić information content (AvgIpc) is 2.89. The summed E-state index contributed by atoms with van der Waals surface area (Å²) in [5, 5.41) is 6.24. The monoisotopic (exact) mass is 251 g/mol. The minimum Gasteiger partial charge on any atom is -0.347 e. The summed E-state index contributed by atoms with van der Waals surface area (Å²) in [6.45, 7) is 0.0409. The van der Waals surface area contributed by atoms with Crippen molar-refractivity contribution in [3.63, 3.8) is 0 Å². The van der Waals surface area contributed by atoms with Crippen LogP contribution in [0.5, 0.6) is 0 Å². The summed E-state index contributed by atoms with van der Waals surface area (Å²) in [5.74, 6) is -1.27. The van der Waals surface area contributed by atoms with Crippen molar-refractivity contribution < 1.29 is 13.6 Å². The lowest BCUT2D eigenvalue weighted by molar-refractivity contribution is -0.131. The Labute approximate surface area is 102 Å². The molecule has 0 aliphatic rings. The topological polar surface area (TPSA) is 46.9 Å². The van der Waals surface area contributed by atoms with Gasteiger partial charge in [0.05, 0.1) is 5.69 Å². The first kappa shape index (κ1) is 12.2. The second-order valence-corrected chi connectivity index (χ2v) is 3.60. The lowest BCUT2D eigenvalue weighted by Crippen LogP contribution is -2.29. The van der Waals surface area contributed by atoms with E-state index in [1.807, 2.05) is 6.07 Å². The standard InChI is InChI=1S/C12H11F2N3O/c13-11(14)12(18)15-8-9-4-1-2-5-10(9)17-7-3-6-16-17/h1-7,11H,8H2,(H,15,18). The zero-order valence-electron chi connectivity index (χ0n) is 9.38. The summed E-state index contributed by atoms with van der Waals surface area (Å²) in [6.07, 6.45) is 0.365. The molecule has 1 aromatic carbocycles. The molecule has 1 heterocycles. The number of hydrogen-bond donors (Lipinski definition) is 1. The zero-order chi connectivity index (χ0) is 13.0. The number of carbonyl (C=O) groups excluding carboxylic acids is 1. The van der Waals surface area contributed by atoms with Gasteiger partial charge in [0.15, 0.2) is 0 Å². The number of rotatable bonds is 4. The highest BCUT2D eigenvalue weighted by molar-refractivity contribution is 5.79. The predicted octanol–water partition coefficient (Wildman–Crippen LogP) is 1.75. The minimum atomic E-state index is -3.00. The molecular formula is C12H11F2N3O. The molecule has 0 saturated heterocycles. The molecule has 0 aliphatic carbocycles. The van der Waals surface area contributed by atoms with Gasteiger partial charge in [-0.3, -0.25) is 4.79 Å². The number of hydrogen-bond acceptors (Lipinski definition) is 2. The third-order valence-corrected chi connectivity index (χ3v) is 2.39. The molecule has 0 bridgehead atoms. The van der Waals surface area contributed by atoms with Crippen LogP contribution in [0, 0.1) is 0 Å². The van der Waals surface area contributed by atoms with Gasteiger partial charge in [-0.25, -0.2) is 4.68 Å². The van der Waals surface area contributed by atoms with Gasteiger partial charge in [-0.05, 0) is 17.7 Å². The van der Waals surface area contributed by atoms with E-state index >= 15 is 0 Å². The Morgan fingerprint density at radius 3 is 2.78 bits per heavy atom. The average molecular weight is 251 g/mol. The fraction of sp³-hybridized carbons (Fsp3) is 0.167. The van der Waals surface area contributed by atoms with Gasteiger partial charge >= 0.3 is 6.43 Å². The molecule has 4 nitrogen and oxygen atoms in total. The molecule has 1 aromatic heterocycles. The summed E-state index contributed by atoms with van der Waals surface area (Å²) in [7, 11) is 0. The maximum Gasteiger partial charge on any atom is 0.315 e. The number of nitrogens with zero attached hydrogens (tertiary/aromatic N) is 2. The van der Waals surface area contributed by atoms with Gasteiger partial charge in [0.25, 0.3) is 5.91 Å². The fourth-order valence-electron chi connectivity index (χ4n) is 1.55. The Bertz CT molecular complexity index is 526. The van der Waals surface area contributed by atoms with Crippen LogP contribution < -0.4 is 5.32 Å². The van der Waals surface area contributed by atoms with Crippen molar-refractivity contribution in [3.8, 4) is 5.69 Å². The Morgan fingerprint density at radius 2 is 2.11 bits per heavy atom. The Kier molecular flexibility index (Phi) is 3.66. The summed E-state index contributed by atoms with van der Waals surface area (Å²) in [4.78, 5) is 10.8. The number of amides is 1. The predicted molar refractivity (Wildman–Crippen MR) is 61.4 cm³/mol. The molecule has 0 unspecified atom stereocenters. The summed E-state index contributed by atoms with van der Waals surface area (Å²) >= 11 is 0. The third kappa shape index (κ3) is 2.71. The normalized spacial score (nSPS) is 10.6. The summed E-state index contributed by atoms with van der Waals surface area (Å²) in [6, 6.07) is 8.90. The van der Waals surface area contributed by atoms with E-state index in [2.05, 4.69) is 10.4 Å². The van der Waals surface area contributed by atoms with E-state index in [1.54, 1.807) is 41.3 Å². The SMILES string of the molecule is O=C(NCc1ccccc1-n1cccn1)C(F)F. The lowest BCUT2D eigenvalue weighted by atomic mass is 10.2. The molecule has 6 heteroatoms. The van der Waals surface area contributed by atoms with E-state index in [-0.39, 0.29) is 6.54 Å². The van der Waals surface area contributed by atoms with E-state index in [0.717, 1.165) is 11.3 Å². The number of benzene rings is 1. The molecule has 1 amide bonds. The number of halogens is 2. The molecule has 18 heavy (non-hydrogen) atoms. The van der Waals surface area contributed by atoms with Gasteiger partial charge in [-0.2, -0.15) is 13.9 Å². The molecule has 0 atom stereocenters. The second-order valence-electron chi connectivity index (χ2n) is 3.60. The van der Waals surface area contributed by atoms with E-state index < -0.39 is 12.3 Å². The van der Waals surface area contributed by atoms with Gasteiger partial charge in [0, 0.05) is 18.9 Å². The van der Waals surface area contributed by atoms with Crippen molar-refractivity contribution >= 4 is 5.91 Å². The third-order valence-electron chi connectivity index (χ3n) is 2.39. The van der Waals surface area contributed by atoms with Crippen molar-refractivity contribution in [1.29, 1.82) is 0 Å². The van der Waals surface area contributed by atoms with E-state index in [4.69, 9.17) is 0 Å². The summed E-state index contributed by atoms with van der Waals surface area (Å²) in [5.41, 5.74) is 1.47. The van der Waals surface area contributed by atoms with E-state index in [0.29, 0.717) is 0 Å². The van der Waals surface area contributed by atoms with Crippen LogP contribution in [0.25, 0.3) is 5.69 Å². The van der Waals surface area contributed by atoms with Gasteiger partial charge in [-0.15, -0.1) is 0 Å². The number of aromatic nitrogens is 2. The van der Waals surface area contributed by atoms with Crippen molar-refractivity contribution in [2.45, 2.75) is 13.0 Å². The first-order chi connectivity index (χ1) is 8.68. The van der Waals surface area contributed by atoms with Crippen LogP contribution >= 0.6 is 0 Å². The smallest absolute Gasteiger partial charge is 0.315 e. The zero-order valence-corrected chi connectivity index (χ0v) is 9.38. The van der Waals surface area contributed by atoms with Gasteiger partial charge in [-0.1, -0.05) is 18.2 Å². The molecule has 0 fully saturated rings. The first-order valence-electron chi connectivity index (χ1n) is 5.32. The summed E-state index contributed by atoms with van der Waals surface area (Å²) < 4.78 is 25.8. The van der Waals surface area contributed by atoms with Gasteiger partial charge in [0.1, 0.15) is 0 Å². The van der Waals surface area contributed by atoms with Gasteiger partial charge in [0.2, 0.25) is 0 Å². The van der Waals surface area contributed by atoms with Crippen molar-refractivity contribution in [1.82, 2.24) is 15.1 Å². The quantitative estimate of drug-likeness (QED) is 0.900. The largest absolute Gasteiger partial charge is 0.347 e. The molecule has 0 aliphatic heterocycles. The lowest BCUT2D eigenvalue weighted by Gasteiger charge is -2.10. The molecule has 2 aromatic rings. The van der Waals surface area contributed by atoms with Crippen molar-refractivity contribution in [3.05, 3.63) is 48.3 Å². The van der Waals surface area contributed by atoms with Crippen LogP contribution in [-0.4, -0.2) is 22.1 Å². The molecule has 94 valence electrons. The van der Waals surface area contributed by atoms with Crippen LogP contribution in [0.2, 0.25) is 0 Å². The Morgan fingerprint density at radius 1 is 1.33 bits per heavy atom. The first-order valence-corrected chi connectivity index (χ1v) is 5.32. The van der Waals surface area contributed by atoms with Crippen molar-refractivity contribution in [2.75, 3.05) is 0 Å². The molecule has 0 saturated carbocycles. The Balaban J connectivity index is 2.16. The van der Waals surface area contributed by atoms with Crippen LogP contribution in [0.4, 0.5) is 8.78 Å². The van der Waals surface area contributed by atoms with Gasteiger partial charge < -0.3 is 5.32 Å². The maximum atomic E-state index is 12.1. The molecular weight excluding hydrogens is 240 g/mol. The number of nitrogens with one attached hydrogen (secondary N) is 1. The van der Waals surface area contributed by atoms with Crippen LogP contribution in [0.1, 0.15) is 5.56 Å². The highest BCUT2D eigenvalue weighted by Gasteiger charge is 2.15. The molecule has 0 spiro atoms. The minimum absolute atomic E-state index is 0.0409. The van der Waals surface area contributed by atoms with Crippen LogP contribution in [-0.2, 0) is 11.3 Å². The molecule has 2 rings (SSSR count). The molecule has 0 radical (unpaired) electrons. The van der Waals surface area contributed by atoms with Crippen molar-refractivity contribution in [2.24, 2.45) is 0 Å². The maximum absolute atomic E-state index is 12.1. The van der Waals surface area contributed by atoms with E-state index in [9.17, 15) is 13.6 Å². The number of para-hydroxylation sites is 1. The number of carbonyl (C=O) groups is 1. The molecule has 1 N–H and O–H groups in total. The Hall–Kier alpha value is -2.24. The van der Waals surface area contributed by atoms with E-state index in [1.165, 1.54) is 0 Å².